The number of ketones is 2. The standard InChI is InChI=1S/C15H16N2O.C14H16N2O.2CH4/c1-5-13-14(12-8-6-10(2)7-9-12)16-17(4)15(13)11(3)18;1-9-5-7-12(8-6-9)13-10(2)14(11(3)17)16(4)15-13;;/h5-9H,1H2,2-4H3;5-8H,1-4H3;2*1H4. The summed E-state index contributed by atoms with van der Waals surface area (Å²) in [4.78, 5) is 23.2. The highest BCUT2D eigenvalue weighted by atomic mass is 16.1. The first-order valence-corrected chi connectivity index (χ1v) is 11.4. The van der Waals surface area contributed by atoms with E-state index in [0.29, 0.717) is 11.4 Å². The van der Waals surface area contributed by atoms with Gasteiger partial charge in [0.05, 0.1) is 5.69 Å². The first kappa shape index (κ1) is 31.0. The molecule has 0 saturated carbocycles. The van der Waals surface area contributed by atoms with Crippen LogP contribution in [-0.2, 0) is 14.1 Å². The maximum absolute atomic E-state index is 11.6. The van der Waals surface area contributed by atoms with Crippen molar-refractivity contribution in [2.75, 3.05) is 0 Å². The fourth-order valence-corrected chi connectivity index (χ4v) is 4.18. The van der Waals surface area contributed by atoms with Crippen LogP contribution in [0.5, 0.6) is 0 Å². The summed E-state index contributed by atoms with van der Waals surface area (Å²) in [6, 6.07) is 16.3. The molecule has 6 heteroatoms. The molecular formula is C31H40N4O2. The Labute approximate surface area is 221 Å². The summed E-state index contributed by atoms with van der Waals surface area (Å²) in [7, 11) is 3.59. The van der Waals surface area contributed by atoms with E-state index in [1.165, 1.54) is 11.1 Å². The van der Waals surface area contributed by atoms with Crippen molar-refractivity contribution in [2.24, 2.45) is 14.1 Å². The molecule has 0 aliphatic heterocycles. The molecule has 0 radical (unpaired) electrons. The Bertz CT molecular complexity index is 1390. The predicted molar refractivity (Wildman–Crippen MR) is 155 cm³/mol. The molecule has 0 spiro atoms. The minimum atomic E-state index is -0.00161. The lowest BCUT2D eigenvalue weighted by Crippen LogP contribution is -2.03. The third-order valence-corrected chi connectivity index (χ3v) is 5.89. The summed E-state index contributed by atoms with van der Waals surface area (Å²) in [6.07, 6.45) is 1.69. The number of aromatic nitrogens is 4. The Balaban J connectivity index is 0.000000351. The lowest BCUT2D eigenvalue weighted by molar-refractivity contribution is 0.0995. The summed E-state index contributed by atoms with van der Waals surface area (Å²) in [6.45, 7) is 12.9. The van der Waals surface area contributed by atoms with Crippen LogP contribution in [0.25, 0.3) is 28.6 Å². The number of hydrogen-bond donors (Lipinski definition) is 0. The van der Waals surface area contributed by atoms with Crippen molar-refractivity contribution in [3.63, 3.8) is 0 Å². The second-order valence-electron chi connectivity index (χ2n) is 8.73. The highest BCUT2D eigenvalue weighted by Gasteiger charge is 2.18. The van der Waals surface area contributed by atoms with Gasteiger partial charge in [0.25, 0.3) is 0 Å². The monoisotopic (exact) mass is 500 g/mol. The van der Waals surface area contributed by atoms with Gasteiger partial charge in [0, 0.05) is 50.2 Å². The molecule has 0 amide bonds. The van der Waals surface area contributed by atoms with Crippen molar-refractivity contribution < 1.29 is 9.59 Å². The smallest absolute Gasteiger partial charge is 0.178 e. The number of carbonyl (C=O) groups excluding carboxylic acids is 2. The van der Waals surface area contributed by atoms with Gasteiger partial charge in [-0.25, -0.2) is 0 Å². The topological polar surface area (TPSA) is 69.8 Å². The van der Waals surface area contributed by atoms with E-state index in [4.69, 9.17) is 0 Å². The van der Waals surface area contributed by atoms with Gasteiger partial charge in [-0.05, 0) is 20.8 Å². The molecule has 0 aliphatic carbocycles. The average molecular weight is 501 g/mol. The Morgan fingerprint density at radius 1 is 0.703 bits per heavy atom. The Morgan fingerprint density at radius 2 is 1.08 bits per heavy atom. The van der Waals surface area contributed by atoms with Crippen LogP contribution in [-0.4, -0.2) is 31.1 Å². The van der Waals surface area contributed by atoms with Crippen LogP contribution in [0.3, 0.4) is 0 Å². The Hall–Kier alpha value is -4.06. The van der Waals surface area contributed by atoms with Crippen molar-refractivity contribution in [3.8, 4) is 22.5 Å². The highest BCUT2D eigenvalue weighted by Crippen LogP contribution is 2.27. The van der Waals surface area contributed by atoms with Crippen molar-refractivity contribution in [3.05, 3.63) is 88.8 Å². The predicted octanol–water partition coefficient (Wildman–Crippen LogP) is 7.42. The number of aryl methyl sites for hydroxylation is 4. The lowest BCUT2D eigenvalue weighted by atomic mass is 10.0. The van der Waals surface area contributed by atoms with E-state index in [0.717, 1.165) is 33.6 Å². The molecule has 0 bridgehead atoms. The molecule has 4 rings (SSSR count). The van der Waals surface area contributed by atoms with Crippen LogP contribution in [0.4, 0.5) is 0 Å². The fraction of sp³-hybridized carbons (Fsp3) is 0.290. The van der Waals surface area contributed by atoms with Crippen LogP contribution >= 0.6 is 0 Å². The molecular weight excluding hydrogens is 460 g/mol. The molecule has 0 saturated heterocycles. The van der Waals surface area contributed by atoms with Gasteiger partial charge in [0.1, 0.15) is 17.1 Å². The van der Waals surface area contributed by atoms with E-state index < -0.39 is 0 Å². The van der Waals surface area contributed by atoms with Crippen LogP contribution in [0, 0.1) is 20.8 Å². The number of nitrogens with zero attached hydrogens (tertiary/aromatic N) is 4. The SMILES string of the molecule is C.C.C=Cc1c(-c2ccc(C)cc2)nn(C)c1C(C)=O.CC(=O)c1c(C)c(-c2ccc(C)cc2)nn1C. The number of rotatable bonds is 5. The van der Waals surface area contributed by atoms with Gasteiger partial charge >= 0.3 is 0 Å². The molecule has 4 aromatic rings. The van der Waals surface area contributed by atoms with Crippen molar-refractivity contribution in [1.29, 1.82) is 0 Å². The number of Topliss-reactive ketones (excluding diaryl/α,β-unsaturated/α-hetero) is 2. The first-order valence-electron chi connectivity index (χ1n) is 11.4. The van der Waals surface area contributed by atoms with Crippen LogP contribution in [0.2, 0.25) is 0 Å². The molecule has 0 unspecified atom stereocenters. The Kier molecular flexibility index (Phi) is 10.7. The van der Waals surface area contributed by atoms with Crippen molar-refractivity contribution in [1.82, 2.24) is 19.6 Å². The number of benzene rings is 2. The molecule has 196 valence electrons. The van der Waals surface area contributed by atoms with E-state index in [2.05, 4.69) is 35.8 Å². The lowest BCUT2D eigenvalue weighted by Gasteiger charge is -2.00. The third kappa shape index (κ3) is 6.58. The average Bonchev–Trinajstić information content (AvgIpc) is 3.30. The van der Waals surface area contributed by atoms with Crippen LogP contribution < -0.4 is 0 Å². The summed E-state index contributed by atoms with van der Waals surface area (Å²) in [5.41, 5.74) is 9.18. The van der Waals surface area contributed by atoms with E-state index >= 15 is 0 Å². The number of carbonyl (C=O) groups is 2. The van der Waals surface area contributed by atoms with Gasteiger partial charge in [-0.3, -0.25) is 19.0 Å². The highest BCUT2D eigenvalue weighted by molar-refractivity contribution is 5.98. The fourth-order valence-electron chi connectivity index (χ4n) is 4.18. The largest absolute Gasteiger partial charge is 0.293 e. The summed E-state index contributed by atoms with van der Waals surface area (Å²) in [5.74, 6) is 0.0501. The minimum absolute atomic E-state index is 0. The molecule has 0 atom stereocenters. The van der Waals surface area contributed by atoms with Crippen LogP contribution in [0.1, 0.15) is 71.9 Å². The maximum Gasteiger partial charge on any atom is 0.178 e. The zero-order valence-corrected chi connectivity index (χ0v) is 21.5. The quantitative estimate of drug-likeness (QED) is 0.267. The second-order valence-corrected chi connectivity index (χ2v) is 8.73. The molecule has 2 heterocycles. The summed E-state index contributed by atoms with van der Waals surface area (Å²) in [5, 5.41) is 8.85. The van der Waals surface area contributed by atoms with Gasteiger partial charge in [0.15, 0.2) is 11.6 Å². The zero-order valence-electron chi connectivity index (χ0n) is 21.5. The van der Waals surface area contributed by atoms with Gasteiger partial charge in [-0.2, -0.15) is 10.2 Å². The van der Waals surface area contributed by atoms with Gasteiger partial charge in [-0.1, -0.05) is 87.2 Å². The van der Waals surface area contributed by atoms with Crippen molar-refractivity contribution in [2.45, 2.75) is 49.5 Å². The molecule has 2 aromatic heterocycles. The molecule has 0 aliphatic rings. The maximum atomic E-state index is 11.6. The van der Waals surface area contributed by atoms with E-state index in [9.17, 15) is 9.59 Å². The zero-order chi connectivity index (χ0) is 25.9. The third-order valence-electron chi connectivity index (χ3n) is 5.89. The first-order chi connectivity index (χ1) is 16.5. The Morgan fingerprint density at radius 3 is 1.46 bits per heavy atom. The second kappa shape index (κ2) is 12.8. The van der Waals surface area contributed by atoms with Gasteiger partial charge in [-0.15, -0.1) is 0 Å². The van der Waals surface area contributed by atoms with E-state index in [1.54, 1.807) is 43.4 Å². The van der Waals surface area contributed by atoms with E-state index in [1.807, 2.05) is 50.2 Å². The van der Waals surface area contributed by atoms with Crippen LogP contribution in [0.15, 0.2) is 55.1 Å². The molecule has 37 heavy (non-hydrogen) atoms. The van der Waals surface area contributed by atoms with E-state index in [-0.39, 0.29) is 26.4 Å². The molecule has 6 nitrogen and oxygen atoms in total. The van der Waals surface area contributed by atoms with Crippen molar-refractivity contribution >= 4 is 17.6 Å². The normalized spacial score (nSPS) is 9.92. The summed E-state index contributed by atoms with van der Waals surface area (Å²) >= 11 is 0. The molecule has 0 fully saturated rings. The molecule has 2 aromatic carbocycles. The van der Waals surface area contributed by atoms with Gasteiger partial charge in [0.2, 0.25) is 0 Å². The summed E-state index contributed by atoms with van der Waals surface area (Å²) < 4.78 is 3.28. The minimum Gasteiger partial charge on any atom is -0.293 e. The number of hydrogen-bond acceptors (Lipinski definition) is 4. The van der Waals surface area contributed by atoms with Gasteiger partial charge < -0.3 is 0 Å². The molecule has 0 N–H and O–H groups in total.